The van der Waals surface area contributed by atoms with E-state index in [0.29, 0.717) is 24.7 Å². The first-order valence-electron chi connectivity index (χ1n) is 6.24. The summed E-state index contributed by atoms with van der Waals surface area (Å²) in [6.45, 7) is 0.864. The Balaban J connectivity index is 1.84. The van der Waals surface area contributed by atoms with Crippen LogP contribution >= 0.6 is 31.9 Å². The van der Waals surface area contributed by atoms with E-state index in [1.54, 1.807) is 19.2 Å². The van der Waals surface area contributed by atoms with Crippen molar-refractivity contribution in [3.8, 4) is 17.2 Å². The van der Waals surface area contributed by atoms with Gasteiger partial charge in [-0.2, -0.15) is 0 Å². The van der Waals surface area contributed by atoms with E-state index in [2.05, 4.69) is 31.9 Å². The maximum absolute atomic E-state index is 5.73. The number of halogens is 2. The molecular weight excluding hydrogens is 402 g/mol. The molecule has 0 bridgehead atoms. The molecule has 2 N–H and O–H groups in total. The maximum Gasteiger partial charge on any atom is 0.147 e. The van der Waals surface area contributed by atoms with Crippen LogP contribution in [0.1, 0.15) is 0 Å². The molecule has 0 atom stereocenters. The normalized spacial score (nSPS) is 10.2. The van der Waals surface area contributed by atoms with Crippen molar-refractivity contribution in [3.05, 3.63) is 45.3 Å². The SMILES string of the molecule is COc1ccc(OCCOc2c(Br)cc(N)cc2Br)cc1. The number of nitrogens with two attached hydrogens (primary N) is 1. The van der Waals surface area contributed by atoms with Crippen LogP contribution in [-0.2, 0) is 0 Å². The number of ether oxygens (including phenoxy) is 3. The molecule has 0 radical (unpaired) electrons. The second-order valence-electron chi connectivity index (χ2n) is 4.19. The van der Waals surface area contributed by atoms with Crippen molar-refractivity contribution in [1.29, 1.82) is 0 Å². The summed E-state index contributed by atoms with van der Waals surface area (Å²) in [6.07, 6.45) is 0. The van der Waals surface area contributed by atoms with Crippen molar-refractivity contribution in [1.82, 2.24) is 0 Å². The third kappa shape index (κ3) is 4.54. The van der Waals surface area contributed by atoms with Crippen LogP contribution in [0.4, 0.5) is 5.69 Å². The van der Waals surface area contributed by atoms with Crippen molar-refractivity contribution in [2.45, 2.75) is 0 Å². The minimum absolute atomic E-state index is 0.424. The largest absolute Gasteiger partial charge is 0.497 e. The Kier molecular flexibility index (Phi) is 5.76. The van der Waals surface area contributed by atoms with Crippen LogP contribution in [0.5, 0.6) is 17.2 Å². The minimum Gasteiger partial charge on any atom is -0.497 e. The van der Waals surface area contributed by atoms with E-state index < -0.39 is 0 Å². The molecule has 6 heteroatoms. The number of nitrogen functional groups attached to an aromatic ring is 1. The average molecular weight is 417 g/mol. The zero-order chi connectivity index (χ0) is 15.2. The van der Waals surface area contributed by atoms with E-state index in [9.17, 15) is 0 Å². The molecular formula is C15H15Br2NO3. The summed E-state index contributed by atoms with van der Waals surface area (Å²) in [5, 5.41) is 0. The Morgan fingerprint density at radius 1 is 0.905 bits per heavy atom. The first kappa shape index (κ1) is 16.0. The van der Waals surface area contributed by atoms with Crippen LogP contribution in [0.25, 0.3) is 0 Å². The standard InChI is InChI=1S/C15H15Br2NO3/c1-19-11-2-4-12(5-3-11)20-6-7-21-15-13(16)8-10(18)9-14(15)17/h2-5,8-9H,6-7,18H2,1H3. The zero-order valence-electron chi connectivity index (χ0n) is 11.4. The summed E-state index contributed by atoms with van der Waals surface area (Å²) in [7, 11) is 1.63. The first-order chi connectivity index (χ1) is 10.1. The molecule has 4 nitrogen and oxygen atoms in total. The first-order valence-corrected chi connectivity index (χ1v) is 7.83. The molecule has 0 spiro atoms. The average Bonchev–Trinajstić information content (AvgIpc) is 2.46. The molecule has 0 saturated heterocycles. The lowest BCUT2D eigenvalue weighted by atomic mass is 10.3. The van der Waals surface area contributed by atoms with Crippen LogP contribution in [-0.4, -0.2) is 20.3 Å². The van der Waals surface area contributed by atoms with Gasteiger partial charge in [0.1, 0.15) is 30.5 Å². The fourth-order valence-electron chi connectivity index (χ4n) is 1.69. The summed E-state index contributed by atoms with van der Waals surface area (Å²) in [6, 6.07) is 11.0. The van der Waals surface area contributed by atoms with Crippen LogP contribution in [0.15, 0.2) is 45.3 Å². The quantitative estimate of drug-likeness (QED) is 0.564. The van der Waals surface area contributed by atoms with Gasteiger partial charge in [0.2, 0.25) is 0 Å². The number of rotatable bonds is 6. The Hall–Kier alpha value is -1.40. The van der Waals surface area contributed by atoms with Gasteiger partial charge in [0.25, 0.3) is 0 Å². The van der Waals surface area contributed by atoms with Crippen LogP contribution in [0, 0.1) is 0 Å². The molecule has 0 fully saturated rings. The van der Waals surface area contributed by atoms with Gasteiger partial charge < -0.3 is 19.9 Å². The number of anilines is 1. The van der Waals surface area contributed by atoms with E-state index in [1.807, 2.05) is 24.3 Å². The van der Waals surface area contributed by atoms with Gasteiger partial charge >= 0.3 is 0 Å². The molecule has 0 heterocycles. The second-order valence-corrected chi connectivity index (χ2v) is 5.89. The second kappa shape index (κ2) is 7.56. The fraction of sp³-hybridized carbons (Fsp3) is 0.200. The molecule has 0 aliphatic carbocycles. The number of benzene rings is 2. The molecule has 0 aromatic heterocycles. The van der Waals surface area contributed by atoms with Gasteiger partial charge in [0.15, 0.2) is 0 Å². The molecule has 2 aromatic carbocycles. The van der Waals surface area contributed by atoms with Crippen molar-refractivity contribution >= 4 is 37.5 Å². The summed E-state index contributed by atoms with van der Waals surface area (Å²) >= 11 is 6.84. The topological polar surface area (TPSA) is 53.7 Å². The highest BCUT2D eigenvalue weighted by Gasteiger charge is 2.08. The molecule has 21 heavy (non-hydrogen) atoms. The predicted octanol–water partition coefficient (Wildman–Crippen LogP) is 4.26. The van der Waals surface area contributed by atoms with Crippen LogP contribution in [0.2, 0.25) is 0 Å². The number of methoxy groups -OCH3 is 1. The Morgan fingerprint density at radius 2 is 1.43 bits per heavy atom. The van der Waals surface area contributed by atoms with E-state index >= 15 is 0 Å². The van der Waals surface area contributed by atoms with Gasteiger partial charge in [0, 0.05) is 5.69 Å². The zero-order valence-corrected chi connectivity index (χ0v) is 14.6. The number of hydrogen-bond acceptors (Lipinski definition) is 4. The summed E-state index contributed by atoms with van der Waals surface area (Å²) < 4.78 is 18.0. The predicted molar refractivity (Wildman–Crippen MR) is 90.2 cm³/mol. The van der Waals surface area contributed by atoms with Gasteiger partial charge in [0.05, 0.1) is 16.1 Å². The van der Waals surface area contributed by atoms with E-state index in [4.69, 9.17) is 19.9 Å². The van der Waals surface area contributed by atoms with Crippen LogP contribution < -0.4 is 19.9 Å². The van der Waals surface area contributed by atoms with Gasteiger partial charge in [-0.1, -0.05) is 0 Å². The minimum atomic E-state index is 0.424. The molecule has 0 saturated carbocycles. The summed E-state index contributed by atoms with van der Waals surface area (Å²) in [5.41, 5.74) is 6.39. The lowest BCUT2D eigenvalue weighted by molar-refractivity contribution is 0.215. The summed E-state index contributed by atoms with van der Waals surface area (Å²) in [5.74, 6) is 2.28. The molecule has 112 valence electrons. The lowest BCUT2D eigenvalue weighted by Crippen LogP contribution is -2.09. The van der Waals surface area contributed by atoms with E-state index in [1.165, 1.54) is 0 Å². The third-order valence-corrected chi connectivity index (χ3v) is 3.86. The van der Waals surface area contributed by atoms with E-state index in [0.717, 1.165) is 20.4 Å². The molecule has 2 rings (SSSR count). The molecule has 0 unspecified atom stereocenters. The Bertz CT molecular complexity index is 579. The van der Waals surface area contributed by atoms with Crippen molar-refractivity contribution in [3.63, 3.8) is 0 Å². The molecule has 0 amide bonds. The smallest absolute Gasteiger partial charge is 0.147 e. The Labute approximate surface area is 140 Å². The Morgan fingerprint density at radius 3 is 2.00 bits per heavy atom. The highest BCUT2D eigenvalue weighted by atomic mass is 79.9. The molecule has 0 aliphatic heterocycles. The molecule has 2 aromatic rings. The monoisotopic (exact) mass is 415 g/mol. The third-order valence-electron chi connectivity index (χ3n) is 2.68. The fourth-order valence-corrected chi connectivity index (χ4v) is 3.14. The maximum atomic E-state index is 5.73. The summed E-state index contributed by atoms with van der Waals surface area (Å²) in [4.78, 5) is 0. The van der Waals surface area contributed by atoms with Crippen LogP contribution in [0.3, 0.4) is 0 Å². The molecule has 0 aliphatic rings. The van der Waals surface area contributed by atoms with Gasteiger partial charge in [-0.05, 0) is 68.3 Å². The van der Waals surface area contributed by atoms with Crippen molar-refractivity contribution in [2.24, 2.45) is 0 Å². The number of hydrogen-bond donors (Lipinski definition) is 1. The van der Waals surface area contributed by atoms with Gasteiger partial charge in [-0.15, -0.1) is 0 Å². The highest BCUT2D eigenvalue weighted by molar-refractivity contribution is 9.11. The van der Waals surface area contributed by atoms with Gasteiger partial charge in [-0.25, -0.2) is 0 Å². The van der Waals surface area contributed by atoms with Gasteiger partial charge in [-0.3, -0.25) is 0 Å². The lowest BCUT2D eigenvalue weighted by Gasteiger charge is -2.12. The van der Waals surface area contributed by atoms with Crippen molar-refractivity contribution < 1.29 is 14.2 Å². The van der Waals surface area contributed by atoms with Crippen molar-refractivity contribution in [2.75, 3.05) is 26.1 Å². The van der Waals surface area contributed by atoms with E-state index in [-0.39, 0.29) is 0 Å². The highest BCUT2D eigenvalue weighted by Crippen LogP contribution is 2.35.